The summed E-state index contributed by atoms with van der Waals surface area (Å²) in [7, 11) is 0. The predicted molar refractivity (Wildman–Crippen MR) is 74.6 cm³/mol. The smallest absolute Gasteiger partial charge is 0.129 e. The first-order valence-corrected chi connectivity index (χ1v) is 7.19. The Bertz CT molecular complexity index is 615. The van der Waals surface area contributed by atoms with Crippen molar-refractivity contribution in [2.45, 2.75) is 37.8 Å². The number of aliphatic hydroxyl groups is 1. The quantitative estimate of drug-likeness (QED) is 0.941. The molecule has 1 fully saturated rings. The van der Waals surface area contributed by atoms with Crippen molar-refractivity contribution in [1.29, 1.82) is 0 Å². The molecule has 1 heterocycles. The molecule has 0 amide bonds. The number of benzene rings is 1. The van der Waals surface area contributed by atoms with Crippen LogP contribution in [-0.4, -0.2) is 20.3 Å². The van der Waals surface area contributed by atoms with Gasteiger partial charge in [-0.05, 0) is 36.8 Å². The summed E-state index contributed by atoms with van der Waals surface area (Å²) in [5, 5.41) is 10.9. The maximum atomic E-state index is 13.8. The molecule has 0 aliphatic heterocycles. The highest BCUT2D eigenvalue weighted by molar-refractivity contribution is 5.20. The van der Waals surface area contributed by atoms with E-state index < -0.39 is 17.2 Å². The van der Waals surface area contributed by atoms with Crippen molar-refractivity contribution in [2.24, 2.45) is 5.92 Å². The molecular formula is C16H18F2N2O. The van der Waals surface area contributed by atoms with Crippen LogP contribution in [0.4, 0.5) is 8.78 Å². The molecule has 1 aliphatic carbocycles. The molecule has 1 aliphatic rings. The molecule has 2 aromatic rings. The molecule has 2 atom stereocenters. The van der Waals surface area contributed by atoms with Crippen LogP contribution in [0.3, 0.4) is 0 Å². The highest BCUT2D eigenvalue weighted by Gasteiger charge is 2.41. The lowest BCUT2D eigenvalue weighted by atomic mass is 9.85. The zero-order chi connectivity index (χ0) is 14.9. The van der Waals surface area contributed by atoms with Gasteiger partial charge in [-0.2, -0.15) is 0 Å². The molecule has 5 heteroatoms. The predicted octanol–water partition coefficient (Wildman–Crippen LogP) is 2.94. The Balaban J connectivity index is 1.77. The van der Waals surface area contributed by atoms with E-state index in [4.69, 9.17) is 0 Å². The Morgan fingerprint density at radius 2 is 2.24 bits per heavy atom. The van der Waals surface area contributed by atoms with Crippen LogP contribution in [0.25, 0.3) is 0 Å². The van der Waals surface area contributed by atoms with Crippen LogP contribution in [-0.2, 0) is 13.0 Å². The number of aromatic nitrogens is 2. The molecule has 0 radical (unpaired) electrons. The van der Waals surface area contributed by atoms with Gasteiger partial charge in [0, 0.05) is 18.5 Å². The van der Waals surface area contributed by atoms with E-state index in [-0.39, 0.29) is 5.92 Å². The minimum Gasteiger partial charge on any atom is -0.388 e. The van der Waals surface area contributed by atoms with Gasteiger partial charge in [-0.3, -0.25) is 0 Å². The highest BCUT2D eigenvalue weighted by atomic mass is 19.1. The number of rotatable bonds is 4. The summed E-state index contributed by atoms with van der Waals surface area (Å²) in [4.78, 5) is 3.98. The molecule has 3 rings (SSSR count). The molecule has 1 aromatic carbocycles. The number of hydrogen-bond donors (Lipinski definition) is 1. The van der Waals surface area contributed by atoms with E-state index in [2.05, 4.69) is 4.98 Å². The van der Waals surface area contributed by atoms with Gasteiger partial charge in [0.1, 0.15) is 11.6 Å². The molecule has 0 bridgehead atoms. The fraction of sp³-hybridized carbons (Fsp3) is 0.438. The second kappa shape index (κ2) is 5.56. The van der Waals surface area contributed by atoms with Gasteiger partial charge in [-0.15, -0.1) is 0 Å². The SMILES string of the molecule is OC1(Cn2ccnc2)CCCC1Cc1ccc(F)cc1F. The molecule has 2 unspecified atom stereocenters. The normalized spacial score (nSPS) is 25.4. The van der Waals surface area contributed by atoms with Crippen LogP contribution in [0.15, 0.2) is 36.9 Å². The van der Waals surface area contributed by atoms with Crippen molar-refractivity contribution in [3.05, 3.63) is 54.1 Å². The maximum Gasteiger partial charge on any atom is 0.129 e. The van der Waals surface area contributed by atoms with Crippen LogP contribution < -0.4 is 0 Å². The molecule has 112 valence electrons. The van der Waals surface area contributed by atoms with Crippen LogP contribution in [0.1, 0.15) is 24.8 Å². The second-order valence-corrected chi connectivity index (χ2v) is 5.87. The average Bonchev–Trinajstić information content (AvgIpc) is 3.04. The standard InChI is InChI=1S/C16H18F2N2O/c17-14-4-3-12(15(18)9-14)8-13-2-1-5-16(13,21)10-20-7-6-19-11-20/h3-4,6-7,9,11,13,21H,1-2,5,8,10H2. The van der Waals surface area contributed by atoms with Crippen molar-refractivity contribution >= 4 is 0 Å². The first kappa shape index (κ1) is 14.2. The molecule has 1 aromatic heterocycles. The molecule has 21 heavy (non-hydrogen) atoms. The lowest BCUT2D eigenvalue weighted by Gasteiger charge is -2.30. The number of hydrogen-bond acceptors (Lipinski definition) is 2. The molecular weight excluding hydrogens is 274 g/mol. The summed E-state index contributed by atoms with van der Waals surface area (Å²) in [6, 6.07) is 3.64. The van der Waals surface area contributed by atoms with Crippen LogP contribution in [0, 0.1) is 17.6 Å². The summed E-state index contributed by atoms with van der Waals surface area (Å²) in [6.45, 7) is 0.459. The Hall–Kier alpha value is -1.75. The minimum absolute atomic E-state index is 0.0279. The van der Waals surface area contributed by atoms with Crippen LogP contribution in [0.5, 0.6) is 0 Å². The summed E-state index contributed by atoms with van der Waals surface area (Å²) in [5.41, 5.74) is -0.394. The Labute approximate surface area is 122 Å². The lowest BCUT2D eigenvalue weighted by molar-refractivity contribution is -0.0136. The van der Waals surface area contributed by atoms with Gasteiger partial charge >= 0.3 is 0 Å². The molecule has 0 spiro atoms. The Morgan fingerprint density at radius 3 is 2.95 bits per heavy atom. The lowest BCUT2D eigenvalue weighted by Crippen LogP contribution is -2.38. The van der Waals surface area contributed by atoms with E-state index in [0.717, 1.165) is 18.9 Å². The van der Waals surface area contributed by atoms with Crippen LogP contribution >= 0.6 is 0 Å². The highest BCUT2D eigenvalue weighted by Crippen LogP contribution is 2.39. The van der Waals surface area contributed by atoms with E-state index in [9.17, 15) is 13.9 Å². The Kier molecular flexibility index (Phi) is 3.76. The third-order valence-corrected chi connectivity index (χ3v) is 4.42. The van der Waals surface area contributed by atoms with Gasteiger partial charge in [-0.1, -0.05) is 12.5 Å². The first-order valence-electron chi connectivity index (χ1n) is 7.19. The molecule has 1 saturated carbocycles. The largest absolute Gasteiger partial charge is 0.388 e. The van der Waals surface area contributed by atoms with E-state index in [0.29, 0.717) is 24.9 Å². The van der Waals surface area contributed by atoms with E-state index in [1.807, 2.05) is 10.8 Å². The number of halogens is 2. The average molecular weight is 292 g/mol. The number of imidazole rings is 1. The molecule has 3 nitrogen and oxygen atoms in total. The third-order valence-electron chi connectivity index (χ3n) is 4.42. The summed E-state index contributed by atoms with van der Waals surface area (Å²) in [5.74, 6) is -1.14. The van der Waals surface area contributed by atoms with Crippen molar-refractivity contribution in [3.8, 4) is 0 Å². The van der Waals surface area contributed by atoms with Crippen molar-refractivity contribution in [3.63, 3.8) is 0 Å². The first-order chi connectivity index (χ1) is 10.1. The van der Waals surface area contributed by atoms with Crippen molar-refractivity contribution in [1.82, 2.24) is 9.55 Å². The summed E-state index contributed by atoms with van der Waals surface area (Å²) >= 11 is 0. The third kappa shape index (κ3) is 2.97. The van der Waals surface area contributed by atoms with Gasteiger partial charge < -0.3 is 9.67 Å². The van der Waals surface area contributed by atoms with E-state index in [1.165, 1.54) is 12.1 Å². The van der Waals surface area contributed by atoms with Crippen molar-refractivity contribution in [2.75, 3.05) is 0 Å². The Morgan fingerprint density at radius 1 is 1.38 bits per heavy atom. The van der Waals surface area contributed by atoms with Gasteiger partial charge in [0.2, 0.25) is 0 Å². The van der Waals surface area contributed by atoms with Gasteiger partial charge in [0.25, 0.3) is 0 Å². The van der Waals surface area contributed by atoms with E-state index >= 15 is 0 Å². The topological polar surface area (TPSA) is 38.0 Å². The van der Waals surface area contributed by atoms with Gasteiger partial charge in [0.05, 0.1) is 18.5 Å². The summed E-state index contributed by atoms with van der Waals surface area (Å²) in [6.07, 6.45) is 8.04. The fourth-order valence-electron chi connectivity index (χ4n) is 3.28. The van der Waals surface area contributed by atoms with Crippen molar-refractivity contribution < 1.29 is 13.9 Å². The fourth-order valence-corrected chi connectivity index (χ4v) is 3.28. The van der Waals surface area contributed by atoms with E-state index in [1.54, 1.807) is 12.5 Å². The van der Waals surface area contributed by atoms with Gasteiger partial charge in [0.15, 0.2) is 0 Å². The van der Waals surface area contributed by atoms with Gasteiger partial charge in [-0.25, -0.2) is 13.8 Å². The molecule has 0 saturated heterocycles. The summed E-state index contributed by atoms with van der Waals surface area (Å²) < 4.78 is 28.6. The second-order valence-electron chi connectivity index (χ2n) is 5.87. The number of nitrogens with zero attached hydrogens (tertiary/aromatic N) is 2. The monoisotopic (exact) mass is 292 g/mol. The maximum absolute atomic E-state index is 13.8. The van der Waals surface area contributed by atoms with Crippen LogP contribution in [0.2, 0.25) is 0 Å². The zero-order valence-electron chi connectivity index (χ0n) is 11.7. The minimum atomic E-state index is -0.860. The molecule has 1 N–H and O–H groups in total. The zero-order valence-corrected chi connectivity index (χ0v) is 11.7.